The third-order valence-electron chi connectivity index (χ3n) is 3.10. The fourth-order valence-electron chi connectivity index (χ4n) is 2.11. The van der Waals surface area contributed by atoms with E-state index in [2.05, 4.69) is 15.3 Å². The number of carbonyl (C=O) groups excluding carboxylic acids is 1. The van der Waals surface area contributed by atoms with Crippen molar-refractivity contribution in [3.8, 4) is 0 Å². The van der Waals surface area contributed by atoms with E-state index in [0.29, 0.717) is 10.8 Å². The molecule has 1 amide bonds. The van der Waals surface area contributed by atoms with E-state index in [-0.39, 0.29) is 11.4 Å². The van der Waals surface area contributed by atoms with Gasteiger partial charge < -0.3 is 0 Å². The molecule has 0 fully saturated rings. The van der Waals surface area contributed by atoms with Gasteiger partial charge in [0, 0.05) is 28.5 Å². The summed E-state index contributed by atoms with van der Waals surface area (Å²) in [6.45, 7) is 1.61. The monoisotopic (exact) mass is 336 g/mol. The van der Waals surface area contributed by atoms with Gasteiger partial charge in [-0.3, -0.25) is 20.2 Å². The Hall–Kier alpha value is -2.00. The Morgan fingerprint density at radius 2 is 2.23 bits per heavy atom. The number of thiazole rings is 1. The molecule has 0 aliphatic carbocycles. The van der Waals surface area contributed by atoms with Crippen molar-refractivity contribution < 1.29 is 9.72 Å². The van der Waals surface area contributed by atoms with Crippen LogP contribution in [0, 0.1) is 17.0 Å². The van der Waals surface area contributed by atoms with E-state index in [1.165, 1.54) is 28.3 Å². The van der Waals surface area contributed by atoms with Crippen LogP contribution in [0.4, 0.5) is 10.8 Å². The largest absolute Gasteiger partial charge is 0.296 e. The molecule has 9 heteroatoms. The number of nitrogens with one attached hydrogen (secondary N) is 1. The van der Waals surface area contributed by atoms with E-state index >= 15 is 0 Å². The number of pyridine rings is 1. The maximum atomic E-state index is 12.2. The molecule has 0 aromatic carbocycles. The van der Waals surface area contributed by atoms with Crippen molar-refractivity contribution in [2.45, 2.75) is 19.1 Å². The van der Waals surface area contributed by atoms with E-state index in [1.54, 1.807) is 6.92 Å². The first-order valence-electron chi connectivity index (χ1n) is 6.53. The lowest BCUT2D eigenvalue weighted by Crippen LogP contribution is -2.14. The zero-order valence-electron chi connectivity index (χ0n) is 11.7. The second-order valence-corrected chi connectivity index (χ2v) is 6.94. The zero-order valence-corrected chi connectivity index (χ0v) is 13.3. The molecule has 0 saturated carbocycles. The Labute approximate surface area is 134 Å². The topological polar surface area (TPSA) is 98.0 Å². The molecule has 3 heterocycles. The van der Waals surface area contributed by atoms with Gasteiger partial charge in [0.25, 0.3) is 11.6 Å². The Balaban J connectivity index is 1.82. The summed E-state index contributed by atoms with van der Waals surface area (Å²) in [6, 6.07) is 2.50. The van der Waals surface area contributed by atoms with Crippen molar-refractivity contribution in [3.05, 3.63) is 44.2 Å². The number of rotatable bonds is 3. The molecule has 114 valence electrons. The van der Waals surface area contributed by atoms with Crippen molar-refractivity contribution in [1.29, 1.82) is 0 Å². The molecule has 0 bridgehead atoms. The van der Waals surface area contributed by atoms with E-state index < -0.39 is 10.8 Å². The molecular formula is C13H12N4O3S2. The van der Waals surface area contributed by atoms with E-state index in [0.717, 1.165) is 23.6 Å². The Morgan fingerprint density at radius 3 is 2.95 bits per heavy atom. The second kappa shape index (κ2) is 6.01. The molecule has 1 N–H and O–H groups in total. The molecule has 0 radical (unpaired) electrons. The summed E-state index contributed by atoms with van der Waals surface area (Å²) in [5.41, 5.74) is 1.33. The number of amides is 1. The minimum Gasteiger partial charge on any atom is -0.296 e. The lowest BCUT2D eigenvalue weighted by Gasteiger charge is -2.06. The van der Waals surface area contributed by atoms with Crippen molar-refractivity contribution >= 4 is 39.8 Å². The van der Waals surface area contributed by atoms with Gasteiger partial charge in [-0.25, -0.2) is 9.97 Å². The molecule has 7 nitrogen and oxygen atoms in total. The molecule has 0 saturated heterocycles. The highest BCUT2D eigenvalue weighted by atomic mass is 32.2. The Morgan fingerprint density at radius 1 is 1.41 bits per heavy atom. The van der Waals surface area contributed by atoms with Crippen LogP contribution in [0.25, 0.3) is 0 Å². The average molecular weight is 336 g/mol. The molecule has 2 aromatic heterocycles. The molecule has 2 aromatic rings. The Bertz CT molecular complexity index is 736. The fourth-order valence-corrected chi connectivity index (χ4v) is 4.23. The summed E-state index contributed by atoms with van der Waals surface area (Å²) in [4.78, 5) is 32.2. The summed E-state index contributed by atoms with van der Waals surface area (Å²) < 4.78 is 0. The van der Waals surface area contributed by atoms with Crippen LogP contribution in [0.15, 0.2) is 12.1 Å². The number of nitro groups is 1. The Kier molecular flexibility index (Phi) is 4.08. The highest BCUT2D eigenvalue weighted by Crippen LogP contribution is 2.32. The van der Waals surface area contributed by atoms with Gasteiger partial charge in [0.2, 0.25) is 0 Å². The van der Waals surface area contributed by atoms with Crippen molar-refractivity contribution in [1.82, 2.24) is 9.97 Å². The number of anilines is 1. The van der Waals surface area contributed by atoms with Crippen LogP contribution in [0.5, 0.6) is 0 Å². The SMILES string of the molecule is Cc1cc([N+](=O)[O-])cc(C(=O)Nc2nc3c(s2)CSCC3)n1. The summed E-state index contributed by atoms with van der Waals surface area (Å²) in [5.74, 6) is 1.47. The number of thioether (sulfide) groups is 1. The number of hydrogen-bond donors (Lipinski definition) is 1. The van der Waals surface area contributed by atoms with Gasteiger partial charge >= 0.3 is 0 Å². The third-order valence-corrected chi connectivity index (χ3v) is 5.28. The molecular weight excluding hydrogens is 324 g/mol. The standard InChI is InChI=1S/C13H12N4O3S2/c1-7-4-8(17(19)20)5-10(14-7)12(18)16-13-15-9-2-3-21-6-11(9)22-13/h4-5H,2-3,6H2,1H3,(H,15,16,18). The molecule has 1 aliphatic rings. The number of aryl methyl sites for hydroxylation is 2. The fraction of sp³-hybridized carbons (Fsp3) is 0.308. The highest BCUT2D eigenvalue weighted by molar-refractivity contribution is 7.98. The van der Waals surface area contributed by atoms with Gasteiger partial charge in [0.15, 0.2) is 5.13 Å². The number of fused-ring (bicyclic) bond motifs is 1. The van der Waals surface area contributed by atoms with E-state index in [1.807, 2.05) is 11.8 Å². The first-order valence-corrected chi connectivity index (χ1v) is 8.51. The average Bonchev–Trinajstić information content (AvgIpc) is 2.88. The number of aromatic nitrogens is 2. The van der Waals surface area contributed by atoms with Crippen LogP contribution >= 0.6 is 23.1 Å². The normalized spacial score (nSPS) is 13.5. The van der Waals surface area contributed by atoms with Gasteiger partial charge in [-0.05, 0) is 19.1 Å². The minimum absolute atomic E-state index is 0.0225. The number of nitrogens with zero attached hydrogens (tertiary/aromatic N) is 3. The van der Waals surface area contributed by atoms with E-state index in [4.69, 9.17) is 0 Å². The number of hydrogen-bond acceptors (Lipinski definition) is 7. The predicted molar refractivity (Wildman–Crippen MR) is 85.6 cm³/mol. The van der Waals surface area contributed by atoms with Crippen LogP contribution in [-0.2, 0) is 12.2 Å². The van der Waals surface area contributed by atoms with Gasteiger partial charge in [-0.2, -0.15) is 11.8 Å². The molecule has 0 spiro atoms. The maximum Gasteiger partial charge on any atom is 0.276 e. The molecule has 0 atom stereocenters. The molecule has 0 unspecified atom stereocenters. The maximum absolute atomic E-state index is 12.2. The van der Waals surface area contributed by atoms with Crippen LogP contribution < -0.4 is 5.32 Å². The lowest BCUT2D eigenvalue weighted by atomic mass is 10.2. The second-order valence-electron chi connectivity index (χ2n) is 4.75. The minimum atomic E-state index is -0.537. The number of carbonyl (C=O) groups is 1. The van der Waals surface area contributed by atoms with Crippen LogP contribution in [0.1, 0.15) is 26.8 Å². The summed E-state index contributed by atoms with van der Waals surface area (Å²) in [6.07, 6.45) is 0.903. The lowest BCUT2D eigenvalue weighted by molar-refractivity contribution is -0.385. The molecule has 22 heavy (non-hydrogen) atoms. The highest BCUT2D eigenvalue weighted by Gasteiger charge is 2.19. The first-order chi connectivity index (χ1) is 10.5. The summed E-state index contributed by atoms with van der Waals surface area (Å²) in [7, 11) is 0. The van der Waals surface area contributed by atoms with Gasteiger partial charge in [-0.1, -0.05) is 0 Å². The summed E-state index contributed by atoms with van der Waals surface area (Å²) >= 11 is 3.29. The summed E-state index contributed by atoms with van der Waals surface area (Å²) in [5, 5.41) is 14.1. The van der Waals surface area contributed by atoms with Crippen molar-refractivity contribution in [2.24, 2.45) is 0 Å². The van der Waals surface area contributed by atoms with Gasteiger partial charge in [0.05, 0.1) is 10.6 Å². The van der Waals surface area contributed by atoms with Crippen LogP contribution in [0.3, 0.4) is 0 Å². The smallest absolute Gasteiger partial charge is 0.276 e. The van der Waals surface area contributed by atoms with Crippen molar-refractivity contribution in [3.63, 3.8) is 0 Å². The van der Waals surface area contributed by atoms with Crippen LogP contribution in [-0.4, -0.2) is 26.6 Å². The van der Waals surface area contributed by atoms with Crippen LogP contribution in [0.2, 0.25) is 0 Å². The zero-order chi connectivity index (χ0) is 15.7. The molecule has 3 rings (SSSR count). The third kappa shape index (κ3) is 3.09. The van der Waals surface area contributed by atoms with E-state index in [9.17, 15) is 14.9 Å². The first kappa shape index (κ1) is 14.9. The predicted octanol–water partition coefficient (Wildman–Crippen LogP) is 2.80. The molecule has 1 aliphatic heterocycles. The van der Waals surface area contributed by atoms with Crippen molar-refractivity contribution in [2.75, 3.05) is 11.1 Å². The van der Waals surface area contributed by atoms with Gasteiger partial charge in [0.1, 0.15) is 5.69 Å². The quantitative estimate of drug-likeness (QED) is 0.683. The van der Waals surface area contributed by atoms with Gasteiger partial charge in [-0.15, -0.1) is 11.3 Å².